The van der Waals surface area contributed by atoms with Crippen LogP contribution < -0.4 is 5.32 Å². The zero-order chi connectivity index (χ0) is 16.6. The summed E-state index contributed by atoms with van der Waals surface area (Å²) in [4.78, 5) is 30.9. The molecule has 0 aliphatic carbocycles. The van der Waals surface area contributed by atoms with Crippen LogP contribution in [0.15, 0.2) is 41.4 Å². The summed E-state index contributed by atoms with van der Waals surface area (Å²) in [7, 11) is 0. The maximum absolute atomic E-state index is 12.5. The van der Waals surface area contributed by atoms with Gasteiger partial charge in [-0.15, -0.1) is 0 Å². The number of carbonyl (C=O) groups excluding carboxylic acids is 2. The van der Waals surface area contributed by atoms with Crippen molar-refractivity contribution in [1.82, 2.24) is 15.2 Å². The minimum atomic E-state index is -0.178. The van der Waals surface area contributed by atoms with Gasteiger partial charge >= 0.3 is 0 Å². The fraction of sp³-hybridized carbons (Fsp3) is 0.389. The standard InChI is InChI=1S/C18H19N3O2S/c22-16-15(13-2-1-6-19-11-13)10-18(20-16)4-7-21(8-5-18)17(23)14-3-9-24-12-14/h1-3,6,9,11-12,15H,4-5,7-8,10H2,(H,20,22)/t15-/m1/s1. The Morgan fingerprint density at radius 3 is 2.83 bits per heavy atom. The maximum Gasteiger partial charge on any atom is 0.254 e. The Hall–Kier alpha value is -2.21. The van der Waals surface area contributed by atoms with Crippen LogP contribution in [-0.2, 0) is 4.79 Å². The number of aromatic nitrogens is 1. The second-order valence-electron chi connectivity index (χ2n) is 6.62. The van der Waals surface area contributed by atoms with Crippen LogP contribution in [0.2, 0.25) is 0 Å². The molecule has 2 saturated heterocycles. The van der Waals surface area contributed by atoms with E-state index in [9.17, 15) is 9.59 Å². The number of piperidine rings is 1. The zero-order valence-electron chi connectivity index (χ0n) is 13.3. The van der Waals surface area contributed by atoms with Gasteiger partial charge in [0, 0.05) is 36.4 Å². The quantitative estimate of drug-likeness (QED) is 0.912. The summed E-state index contributed by atoms with van der Waals surface area (Å²) in [6.45, 7) is 1.38. The van der Waals surface area contributed by atoms with E-state index in [2.05, 4.69) is 10.3 Å². The van der Waals surface area contributed by atoms with Gasteiger partial charge in [-0.2, -0.15) is 11.3 Å². The molecule has 6 heteroatoms. The third-order valence-corrected chi connectivity index (χ3v) is 5.85. The van der Waals surface area contributed by atoms with Gasteiger partial charge in [0.05, 0.1) is 11.5 Å². The van der Waals surface area contributed by atoms with Gasteiger partial charge in [0.1, 0.15) is 0 Å². The molecule has 2 aliphatic rings. The van der Waals surface area contributed by atoms with E-state index in [1.165, 1.54) is 11.3 Å². The molecule has 0 radical (unpaired) electrons. The molecule has 124 valence electrons. The SMILES string of the molecule is O=C1NC2(CCN(C(=O)c3ccsc3)CC2)C[C@@H]1c1cccnc1. The van der Waals surface area contributed by atoms with Gasteiger partial charge in [-0.05, 0) is 42.3 Å². The summed E-state index contributed by atoms with van der Waals surface area (Å²) in [6, 6.07) is 5.70. The van der Waals surface area contributed by atoms with E-state index in [4.69, 9.17) is 0 Å². The summed E-state index contributed by atoms with van der Waals surface area (Å²) >= 11 is 1.54. The Labute approximate surface area is 144 Å². The van der Waals surface area contributed by atoms with Crippen LogP contribution in [0.4, 0.5) is 0 Å². The summed E-state index contributed by atoms with van der Waals surface area (Å²) < 4.78 is 0. The molecule has 5 nitrogen and oxygen atoms in total. The topological polar surface area (TPSA) is 62.3 Å². The maximum atomic E-state index is 12.5. The Balaban J connectivity index is 1.44. The van der Waals surface area contributed by atoms with Crippen LogP contribution in [-0.4, -0.2) is 40.3 Å². The normalized spacial score (nSPS) is 22.6. The van der Waals surface area contributed by atoms with Crippen molar-refractivity contribution in [3.8, 4) is 0 Å². The highest BCUT2D eigenvalue weighted by atomic mass is 32.1. The molecule has 2 amide bonds. The number of nitrogens with one attached hydrogen (secondary N) is 1. The van der Waals surface area contributed by atoms with Crippen LogP contribution in [0.3, 0.4) is 0 Å². The Bertz CT molecular complexity index is 737. The number of hydrogen-bond acceptors (Lipinski definition) is 4. The molecule has 24 heavy (non-hydrogen) atoms. The van der Waals surface area contributed by atoms with E-state index in [0.29, 0.717) is 13.1 Å². The average molecular weight is 341 g/mol. The number of likely N-dealkylation sites (tertiary alicyclic amines) is 1. The highest BCUT2D eigenvalue weighted by molar-refractivity contribution is 7.08. The monoisotopic (exact) mass is 341 g/mol. The van der Waals surface area contributed by atoms with Gasteiger partial charge in [0.15, 0.2) is 0 Å². The smallest absolute Gasteiger partial charge is 0.254 e. The van der Waals surface area contributed by atoms with Crippen molar-refractivity contribution in [2.75, 3.05) is 13.1 Å². The van der Waals surface area contributed by atoms with E-state index in [0.717, 1.165) is 30.4 Å². The molecular weight excluding hydrogens is 322 g/mol. The minimum absolute atomic E-state index is 0.0839. The summed E-state index contributed by atoms with van der Waals surface area (Å²) in [6.07, 6.45) is 5.91. The van der Waals surface area contributed by atoms with E-state index in [1.807, 2.05) is 33.9 Å². The predicted molar refractivity (Wildman–Crippen MR) is 91.9 cm³/mol. The second kappa shape index (κ2) is 6.02. The molecule has 2 aromatic heterocycles. The molecule has 0 saturated carbocycles. The molecule has 0 bridgehead atoms. The molecule has 4 rings (SSSR count). The first-order chi connectivity index (χ1) is 11.7. The van der Waals surface area contributed by atoms with Crippen LogP contribution in [0.25, 0.3) is 0 Å². The number of rotatable bonds is 2. The molecular formula is C18H19N3O2S. The van der Waals surface area contributed by atoms with E-state index < -0.39 is 0 Å². The first kappa shape index (κ1) is 15.3. The lowest BCUT2D eigenvalue weighted by molar-refractivity contribution is -0.121. The van der Waals surface area contributed by atoms with Gasteiger partial charge in [-0.3, -0.25) is 14.6 Å². The average Bonchev–Trinajstić information content (AvgIpc) is 3.25. The molecule has 2 aliphatic heterocycles. The first-order valence-corrected chi connectivity index (χ1v) is 9.15. The molecule has 1 atom stereocenters. The van der Waals surface area contributed by atoms with Crippen molar-refractivity contribution >= 4 is 23.2 Å². The Morgan fingerprint density at radius 1 is 1.33 bits per heavy atom. The first-order valence-electron chi connectivity index (χ1n) is 8.20. The van der Waals surface area contributed by atoms with Crippen molar-refractivity contribution in [3.05, 3.63) is 52.5 Å². The van der Waals surface area contributed by atoms with Crippen LogP contribution >= 0.6 is 11.3 Å². The van der Waals surface area contributed by atoms with Crippen molar-refractivity contribution in [1.29, 1.82) is 0 Å². The lowest BCUT2D eigenvalue weighted by Crippen LogP contribution is -2.52. The Kier molecular flexibility index (Phi) is 3.84. The summed E-state index contributed by atoms with van der Waals surface area (Å²) in [5.41, 5.74) is 1.56. The van der Waals surface area contributed by atoms with Crippen molar-refractivity contribution < 1.29 is 9.59 Å². The zero-order valence-corrected chi connectivity index (χ0v) is 14.1. The van der Waals surface area contributed by atoms with Gasteiger partial charge in [0.25, 0.3) is 5.91 Å². The lowest BCUT2D eigenvalue weighted by Gasteiger charge is -2.39. The summed E-state index contributed by atoms with van der Waals surface area (Å²) in [5, 5.41) is 7.03. The van der Waals surface area contributed by atoms with E-state index in [-0.39, 0.29) is 23.3 Å². The van der Waals surface area contributed by atoms with E-state index >= 15 is 0 Å². The van der Waals surface area contributed by atoms with Gasteiger partial charge in [-0.1, -0.05) is 6.07 Å². The fourth-order valence-corrected chi connectivity index (χ4v) is 4.40. The third-order valence-electron chi connectivity index (χ3n) is 5.16. The molecule has 2 aromatic rings. The molecule has 1 spiro atoms. The number of nitrogens with zero attached hydrogens (tertiary/aromatic N) is 2. The minimum Gasteiger partial charge on any atom is -0.350 e. The van der Waals surface area contributed by atoms with Crippen LogP contribution in [0.1, 0.15) is 41.1 Å². The highest BCUT2D eigenvalue weighted by Crippen LogP contribution is 2.39. The third kappa shape index (κ3) is 2.71. The van der Waals surface area contributed by atoms with Crippen molar-refractivity contribution in [2.24, 2.45) is 0 Å². The number of hydrogen-bond donors (Lipinski definition) is 1. The van der Waals surface area contributed by atoms with Gasteiger partial charge < -0.3 is 10.2 Å². The molecule has 0 aromatic carbocycles. The predicted octanol–water partition coefficient (Wildman–Crippen LogP) is 2.42. The lowest BCUT2D eigenvalue weighted by atomic mass is 9.82. The number of carbonyl (C=O) groups is 2. The Morgan fingerprint density at radius 2 is 2.17 bits per heavy atom. The largest absolute Gasteiger partial charge is 0.350 e. The molecule has 0 unspecified atom stereocenters. The molecule has 1 N–H and O–H groups in total. The number of pyridine rings is 1. The number of amides is 2. The van der Waals surface area contributed by atoms with Crippen molar-refractivity contribution in [2.45, 2.75) is 30.7 Å². The number of thiophene rings is 1. The van der Waals surface area contributed by atoms with E-state index in [1.54, 1.807) is 12.4 Å². The molecule has 4 heterocycles. The van der Waals surface area contributed by atoms with Crippen LogP contribution in [0, 0.1) is 0 Å². The fourth-order valence-electron chi connectivity index (χ4n) is 3.77. The molecule has 2 fully saturated rings. The van der Waals surface area contributed by atoms with Gasteiger partial charge in [0.2, 0.25) is 5.91 Å². The van der Waals surface area contributed by atoms with Gasteiger partial charge in [-0.25, -0.2) is 0 Å². The highest BCUT2D eigenvalue weighted by Gasteiger charge is 2.46. The van der Waals surface area contributed by atoms with Crippen molar-refractivity contribution in [3.63, 3.8) is 0 Å². The summed E-state index contributed by atoms with van der Waals surface area (Å²) in [5.74, 6) is 0.0534. The van der Waals surface area contributed by atoms with Crippen LogP contribution in [0.5, 0.6) is 0 Å². The second-order valence-corrected chi connectivity index (χ2v) is 7.40.